The molecule has 0 heterocycles. The summed E-state index contributed by atoms with van der Waals surface area (Å²) in [5, 5.41) is 8.45. The lowest BCUT2D eigenvalue weighted by molar-refractivity contribution is -0.139. The molecule has 0 amide bonds. The third kappa shape index (κ3) is 10.6. The Kier molecular flexibility index (Phi) is 9.76. The highest BCUT2D eigenvalue weighted by atomic mass is 16.5. The fourth-order valence-corrected chi connectivity index (χ4v) is 0.879. The van der Waals surface area contributed by atoms with Crippen LogP contribution >= 0.6 is 0 Å². The van der Waals surface area contributed by atoms with E-state index >= 15 is 0 Å². The van der Waals surface area contributed by atoms with Gasteiger partial charge >= 0.3 is 5.97 Å². The smallest absolute Gasteiger partial charge is 0.309 e. The van der Waals surface area contributed by atoms with E-state index in [2.05, 4.69) is 4.74 Å². The average molecular weight is 210 g/mol. The number of carbonyl (C=O) groups excluding carboxylic acids is 1. The van der Waals surface area contributed by atoms with E-state index in [0.717, 1.165) is 12.8 Å². The zero-order chi connectivity index (χ0) is 11.4. The van der Waals surface area contributed by atoms with Gasteiger partial charge in [-0.2, -0.15) is 0 Å². The molecule has 3 nitrogen and oxygen atoms in total. The largest absolute Gasteiger partial charge is 0.469 e. The topological polar surface area (TPSA) is 46.5 Å². The van der Waals surface area contributed by atoms with Crippen LogP contribution in [-0.2, 0) is 9.53 Å². The number of esters is 1. The van der Waals surface area contributed by atoms with E-state index in [1.165, 1.54) is 7.11 Å². The number of rotatable bonds is 7. The van der Waals surface area contributed by atoms with Gasteiger partial charge in [-0.25, -0.2) is 0 Å². The summed E-state index contributed by atoms with van der Waals surface area (Å²) in [6.07, 6.45) is 13.3. The van der Waals surface area contributed by atoms with Crippen LogP contribution in [0.3, 0.4) is 0 Å². The maximum Gasteiger partial charge on any atom is 0.309 e. The van der Waals surface area contributed by atoms with Crippen molar-refractivity contribution in [2.75, 3.05) is 13.7 Å². The first-order valence-corrected chi connectivity index (χ1v) is 4.94. The van der Waals surface area contributed by atoms with Crippen molar-refractivity contribution in [1.82, 2.24) is 0 Å². The van der Waals surface area contributed by atoms with Crippen molar-refractivity contribution in [1.29, 1.82) is 0 Å². The summed E-state index contributed by atoms with van der Waals surface area (Å²) in [6.45, 7) is 0.0902. The molecule has 0 atom stereocenters. The Bertz CT molecular complexity index is 239. The van der Waals surface area contributed by atoms with Crippen LogP contribution in [0.4, 0.5) is 0 Å². The summed E-state index contributed by atoms with van der Waals surface area (Å²) in [5.41, 5.74) is 0. The summed E-state index contributed by atoms with van der Waals surface area (Å²) < 4.78 is 4.48. The van der Waals surface area contributed by atoms with Crippen molar-refractivity contribution < 1.29 is 14.6 Å². The van der Waals surface area contributed by atoms with Gasteiger partial charge in [-0.1, -0.05) is 36.5 Å². The second kappa shape index (κ2) is 10.7. The molecule has 0 aliphatic rings. The number of methoxy groups -OCH3 is 1. The number of aliphatic hydroxyl groups excluding tert-OH is 1. The number of hydrogen-bond donors (Lipinski definition) is 1. The molecule has 15 heavy (non-hydrogen) atoms. The van der Waals surface area contributed by atoms with Crippen molar-refractivity contribution in [2.24, 2.45) is 0 Å². The van der Waals surface area contributed by atoms with E-state index < -0.39 is 0 Å². The molecule has 0 spiro atoms. The zero-order valence-corrected chi connectivity index (χ0v) is 9.06. The summed E-state index contributed by atoms with van der Waals surface area (Å²) >= 11 is 0. The van der Waals surface area contributed by atoms with Crippen LogP contribution in [0.15, 0.2) is 36.5 Å². The number of allylic oxidation sites excluding steroid dienone is 4. The van der Waals surface area contributed by atoms with Gasteiger partial charge in [-0.05, 0) is 12.8 Å². The zero-order valence-electron chi connectivity index (χ0n) is 9.06. The lowest BCUT2D eigenvalue weighted by Gasteiger charge is -1.90. The van der Waals surface area contributed by atoms with E-state index in [4.69, 9.17) is 5.11 Å². The van der Waals surface area contributed by atoms with Crippen molar-refractivity contribution >= 4 is 5.97 Å². The summed E-state index contributed by atoms with van der Waals surface area (Å²) in [5.74, 6) is -0.221. The predicted molar refractivity (Wildman–Crippen MR) is 60.4 cm³/mol. The van der Waals surface area contributed by atoms with Crippen LogP contribution in [0.1, 0.15) is 19.3 Å². The SMILES string of the molecule is COC(=O)C/C=C\C/C=C\CC=CCO. The Labute approximate surface area is 90.8 Å². The molecule has 0 aromatic heterocycles. The second-order valence-electron chi connectivity index (χ2n) is 2.85. The highest BCUT2D eigenvalue weighted by Gasteiger charge is 1.91. The van der Waals surface area contributed by atoms with Crippen LogP contribution in [0.25, 0.3) is 0 Å². The molecule has 0 radical (unpaired) electrons. The molecule has 84 valence electrons. The minimum absolute atomic E-state index is 0.0902. The molecule has 0 rings (SSSR count). The van der Waals surface area contributed by atoms with Gasteiger partial charge in [0.15, 0.2) is 0 Å². The minimum atomic E-state index is -0.221. The van der Waals surface area contributed by atoms with E-state index in [9.17, 15) is 4.79 Å². The average Bonchev–Trinajstić information content (AvgIpc) is 2.26. The van der Waals surface area contributed by atoms with E-state index in [1.54, 1.807) is 12.2 Å². The Morgan fingerprint density at radius 3 is 2.13 bits per heavy atom. The van der Waals surface area contributed by atoms with Gasteiger partial charge in [0.2, 0.25) is 0 Å². The molecular formula is C12H18O3. The Morgan fingerprint density at radius 1 is 1.07 bits per heavy atom. The molecule has 0 aliphatic carbocycles. The molecule has 0 bridgehead atoms. The van der Waals surface area contributed by atoms with Gasteiger partial charge in [-0.15, -0.1) is 0 Å². The van der Waals surface area contributed by atoms with Crippen molar-refractivity contribution in [3.8, 4) is 0 Å². The normalized spacial score (nSPS) is 11.9. The van der Waals surface area contributed by atoms with Gasteiger partial charge in [0.25, 0.3) is 0 Å². The highest BCUT2D eigenvalue weighted by molar-refractivity contribution is 5.70. The predicted octanol–water partition coefficient (Wildman–Crippen LogP) is 1.99. The fourth-order valence-electron chi connectivity index (χ4n) is 0.879. The molecule has 1 N–H and O–H groups in total. The summed E-state index contributed by atoms with van der Waals surface area (Å²) in [6, 6.07) is 0. The van der Waals surface area contributed by atoms with Gasteiger partial charge in [0.1, 0.15) is 0 Å². The second-order valence-corrected chi connectivity index (χ2v) is 2.85. The quantitative estimate of drug-likeness (QED) is 0.516. The first kappa shape index (κ1) is 13.7. The molecule has 0 aromatic carbocycles. The van der Waals surface area contributed by atoms with E-state index in [-0.39, 0.29) is 12.6 Å². The molecule has 0 saturated heterocycles. The molecular weight excluding hydrogens is 192 g/mol. The van der Waals surface area contributed by atoms with Gasteiger partial charge in [-0.3, -0.25) is 4.79 Å². The lowest BCUT2D eigenvalue weighted by atomic mass is 10.3. The third-order valence-corrected chi connectivity index (χ3v) is 1.66. The summed E-state index contributed by atoms with van der Waals surface area (Å²) in [7, 11) is 1.38. The lowest BCUT2D eigenvalue weighted by Crippen LogP contribution is -1.96. The maximum absolute atomic E-state index is 10.7. The van der Waals surface area contributed by atoms with Crippen LogP contribution in [0, 0.1) is 0 Å². The highest BCUT2D eigenvalue weighted by Crippen LogP contribution is 1.93. The number of aliphatic hydroxyl groups is 1. The monoisotopic (exact) mass is 210 g/mol. The number of ether oxygens (including phenoxy) is 1. The van der Waals surface area contributed by atoms with Crippen LogP contribution in [0.2, 0.25) is 0 Å². The molecule has 0 aliphatic heterocycles. The Balaban J connectivity index is 3.44. The molecule has 3 heteroatoms. The fraction of sp³-hybridized carbons (Fsp3) is 0.417. The molecule has 0 unspecified atom stereocenters. The van der Waals surface area contributed by atoms with E-state index in [0.29, 0.717) is 6.42 Å². The molecule has 0 saturated carbocycles. The summed E-state index contributed by atoms with van der Waals surface area (Å²) in [4.78, 5) is 10.7. The number of hydrogen-bond acceptors (Lipinski definition) is 3. The third-order valence-electron chi connectivity index (χ3n) is 1.66. The molecule has 0 fully saturated rings. The number of carbonyl (C=O) groups is 1. The maximum atomic E-state index is 10.7. The van der Waals surface area contributed by atoms with E-state index in [1.807, 2.05) is 24.3 Å². The molecule has 0 aromatic rings. The first-order chi connectivity index (χ1) is 7.31. The standard InChI is InChI=1S/C12H18O3/c1-15-12(14)10-8-6-4-2-3-5-7-9-11-13/h2-3,6-9,13H,4-5,10-11H2,1H3/b3-2-,8-6-,9-7?. The van der Waals surface area contributed by atoms with Crippen LogP contribution in [-0.4, -0.2) is 24.8 Å². The van der Waals surface area contributed by atoms with Crippen LogP contribution in [0.5, 0.6) is 0 Å². The van der Waals surface area contributed by atoms with Gasteiger partial charge in [0, 0.05) is 0 Å². The van der Waals surface area contributed by atoms with Gasteiger partial charge in [0.05, 0.1) is 20.1 Å². The van der Waals surface area contributed by atoms with Crippen molar-refractivity contribution in [3.05, 3.63) is 36.5 Å². The van der Waals surface area contributed by atoms with Gasteiger partial charge < -0.3 is 9.84 Å². The van der Waals surface area contributed by atoms with Crippen molar-refractivity contribution in [2.45, 2.75) is 19.3 Å². The minimum Gasteiger partial charge on any atom is -0.469 e. The Hall–Kier alpha value is -1.35. The first-order valence-electron chi connectivity index (χ1n) is 4.94. The Morgan fingerprint density at radius 2 is 1.60 bits per heavy atom. The van der Waals surface area contributed by atoms with Crippen molar-refractivity contribution in [3.63, 3.8) is 0 Å². The van der Waals surface area contributed by atoms with Crippen LogP contribution < -0.4 is 0 Å².